The number of nitrogens with zero attached hydrogens (tertiary/aromatic N) is 2. The van der Waals surface area contributed by atoms with Gasteiger partial charge in [0.15, 0.2) is 5.82 Å². The number of benzene rings is 1. The van der Waals surface area contributed by atoms with Crippen LogP contribution in [0.25, 0.3) is 0 Å². The molecule has 0 aromatic heterocycles. The van der Waals surface area contributed by atoms with E-state index in [4.69, 9.17) is 33.7 Å². The first-order chi connectivity index (χ1) is 8.01. The van der Waals surface area contributed by atoms with Crippen LogP contribution in [-0.4, -0.2) is 0 Å². The molecular weight excluding hydrogens is 332 g/mol. The molecule has 1 aromatic rings. The van der Waals surface area contributed by atoms with E-state index in [1.165, 1.54) is 6.07 Å². The molecule has 0 spiro atoms. The highest BCUT2D eigenvalue weighted by atomic mass is 79.9. The lowest BCUT2D eigenvalue weighted by Gasteiger charge is -2.08. The summed E-state index contributed by atoms with van der Waals surface area (Å²) in [5.74, 6) is -0.775. The summed E-state index contributed by atoms with van der Waals surface area (Å²) in [4.78, 5) is 0. The summed E-state index contributed by atoms with van der Waals surface area (Å²) in [6, 6.07) is 4.61. The van der Waals surface area contributed by atoms with Gasteiger partial charge in [0.05, 0.1) is 10.7 Å². The van der Waals surface area contributed by atoms with Gasteiger partial charge in [0.2, 0.25) is 0 Å². The maximum absolute atomic E-state index is 13.4. The van der Waals surface area contributed by atoms with Crippen LogP contribution in [0.1, 0.15) is 0 Å². The summed E-state index contributed by atoms with van der Waals surface area (Å²) in [6.45, 7) is 0. The van der Waals surface area contributed by atoms with Crippen LogP contribution >= 0.6 is 39.1 Å². The van der Waals surface area contributed by atoms with Crippen molar-refractivity contribution in [1.82, 2.24) is 0 Å². The van der Waals surface area contributed by atoms with Crippen molar-refractivity contribution in [3.63, 3.8) is 0 Å². The van der Waals surface area contributed by atoms with E-state index >= 15 is 0 Å². The van der Waals surface area contributed by atoms with Gasteiger partial charge in [-0.3, -0.25) is 0 Å². The third-order valence-corrected chi connectivity index (χ3v) is 2.97. The lowest BCUT2D eigenvalue weighted by Crippen LogP contribution is -1.95. The molecule has 0 fully saturated rings. The van der Waals surface area contributed by atoms with Crippen molar-refractivity contribution in [3.05, 3.63) is 38.2 Å². The molecule has 86 valence electrons. The Kier molecular flexibility index (Phi) is 4.77. The van der Waals surface area contributed by atoms with Gasteiger partial charge in [0.1, 0.15) is 22.7 Å². The highest BCUT2D eigenvalue weighted by Gasteiger charge is 2.14. The maximum Gasteiger partial charge on any atom is 0.162 e. The minimum absolute atomic E-state index is 0.128. The molecule has 1 aromatic carbocycles. The molecule has 0 atom stereocenters. The fourth-order valence-electron chi connectivity index (χ4n) is 0.932. The Morgan fingerprint density at radius 3 is 2.53 bits per heavy atom. The molecule has 1 rings (SSSR count). The van der Waals surface area contributed by atoms with Crippen LogP contribution in [0.3, 0.4) is 0 Å². The Bertz CT molecular complexity index is 556. The molecule has 7 heteroatoms. The molecule has 0 saturated heterocycles. The Balaban J connectivity index is 3.18. The molecule has 0 aliphatic heterocycles. The second-order valence-corrected chi connectivity index (χ2v) is 4.41. The van der Waals surface area contributed by atoms with E-state index in [-0.39, 0.29) is 21.3 Å². The van der Waals surface area contributed by atoms with E-state index in [0.717, 1.165) is 6.20 Å². The average Bonchev–Trinajstić information content (AvgIpc) is 2.31. The largest absolute Gasteiger partial charge is 0.358 e. The summed E-state index contributed by atoms with van der Waals surface area (Å²) >= 11 is 14.4. The van der Waals surface area contributed by atoms with E-state index in [9.17, 15) is 4.39 Å². The molecule has 0 saturated carbocycles. The highest BCUT2D eigenvalue weighted by molar-refractivity contribution is 9.10. The number of allylic oxidation sites excluding steroid dienone is 1. The Morgan fingerprint density at radius 1 is 1.41 bits per heavy atom. The van der Waals surface area contributed by atoms with Gasteiger partial charge in [0.25, 0.3) is 0 Å². The van der Waals surface area contributed by atoms with Crippen LogP contribution in [0.5, 0.6) is 0 Å². The van der Waals surface area contributed by atoms with Gasteiger partial charge in [-0.15, -0.1) is 0 Å². The third kappa shape index (κ3) is 3.10. The van der Waals surface area contributed by atoms with Gasteiger partial charge < -0.3 is 5.32 Å². The molecule has 0 heterocycles. The lowest BCUT2D eigenvalue weighted by atomic mass is 10.3. The van der Waals surface area contributed by atoms with Crippen LogP contribution in [-0.2, 0) is 0 Å². The number of nitrogens with one attached hydrogen (secondary N) is 1. The number of hydrogen-bond donors (Lipinski definition) is 1. The van der Waals surface area contributed by atoms with Crippen molar-refractivity contribution in [2.24, 2.45) is 0 Å². The van der Waals surface area contributed by atoms with E-state index in [0.29, 0.717) is 4.47 Å². The Labute approximate surface area is 115 Å². The monoisotopic (exact) mass is 333 g/mol. The topological polar surface area (TPSA) is 59.6 Å². The first-order valence-electron chi connectivity index (χ1n) is 4.11. The van der Waals surface area contributed by atoms with Crippen molar-refractivity contribution in [2.75, 3.05) is 5.32 Å². The minimum atomic E-state index is -0.775. The SMILES string of the molecule is N#CC(C#N)=CNc1c(Br)cc(Cl)c(F)c1Cl. The summed E-state index contributed by atoms with van der Waals surface area (Å²) in [6.07, 6.45) is 1.12. The van der Waals surface area contributed by atoms with Crippen LogP contribution in [0.4, 0.5) is 10.1 Å². The number of hydrogen-bond acceptors (Lipinski definition) is 3. The molecule has 3 nitrogen and oxygen atoms in total. The van der Waals surface area contributed by atoms with Gasteiger partial charge in [0, 0.05) is 10.7 Å². The van der Waals surface area contributed by atoms with Crippen LogP contribution in [0.15, 0.2) is 22.3 Å². The third-order valence-electron chi connectivity index (χ3n) is 1.72. The van der Waals surface area contributed by atoms with Crippen molar-refractivity contribution < 1.29 is 4.39 Å². The van der Waals surface area contributed by atoms with Gasteiger partial charge in [-0.05, 0) is 22.0 Å². The van der Waals surface area contributed by atoms with E-state index < -0.39 is 5.82 Å². The molecule has 0 aliphatic rings. The smallest absolute Gasteiger partial charge is 0.162 e. The first kappa shape index (κ1) is 13.8. The Morgan fingerprint density at radius 2 is 2.00 bits per heavy atom. The normalized spacial score (nSPS) is 9.06. The van der Waals surface area contributed by atoms with Gasteiger partial charge in [-0.2, -0.15) is 10.5 Å². The zero-order valence-corrected chi connectivity index (χ0v) is 11.2. The van der Waals surface area contributed by atoms with Crippen LogP contribution in [0, 0.1) is 28.5 Å². The zero-order chi connectivity index (χ0) is 13.0. The molecule has 0 amide bonds. The molecule has 0 bridgehead atoms. The predicted octanol–water partition coefficient (Wildman–Crippen LogP) is 4.24. The van der Waals surface area contributed by atoms with Crippen LogP contribution < -0.4 is 5.32 Å². The van der Waals surface area contributed by atoms with Crippen molar-refractivity contribution in [3.8, 4) is 12.1 Å². The summed E-state index contributed by atoms with van der Waals surface area (Å²) < 4.78 is 13.8. The second kappa shape index (κ2) is 5.88. The molecule has 1 N–H and O–H groups in total. The van der Waals surface area contributed by atoms with E-state index in [2.05, 4.69) is 21.2 Å². The number of halogens is 4. The number of rotatable bonds is 2. The Hall–Kier alpha value is -1.27. The van der Waals surface area contributed by atoms with Crippen molar-refractivity contribution in [1.29, 1.82) is 10.5 Å². The summed E-state index contributed by atoms with van der Waals surface area (Å²) in [5, 5.41) is 19.3. The minimum Gasteiger partial charge on any atom is -0.358 e. The molecular formula is C10H3BrCl2FN3. The van der Waals surface area contributed by atoms with E-state index in [1.807, 2.05) is 0 Å². The molecule has 0 aliphatic carbocycles. The molecule has 17 heavy (non-hydrogen) atoms. The van der Waals surface area contributed by atoms with E-state index in [1.54, 1.807) is 12.1 Å². The van der Waals surface area contributed by atoms with Gasteiger partial charge >= 0.3 is 0 Å². The zero-order valence-electron chi connectivity index (χ0n) is 8.06. The fraction of sp³-hybridized carbons (Fsp3) is 0. The highest BCUT2D eigenvalue weighted by Crippen LogP contribution is 2.37. The van der Waals surface area contributed by atoms with Gasteiger partial charge in [-0.25, -0.2) is 4.39 Å². The second-order valence-electron chi connectivity index (χ2n) is 2.77. The molecule has 0 unspecified atom stereocenters. The number of anilines is 1. The summed E-state index contributed by atoms with van der Waals surface area (Å²) in [5.41, 5.74) is 0.0277. The quantitative estimate of drug-likeness (QED) is 0.500. The number of nitriles is 2. The van der Waals surface area contributed by atoms with Crippen LogP contribution in [0.2, 0.25) is 10.0 Å². The van der Waals surface area contributed by atoms with Crippen molar-refractivity contribution >= 4 is 44.8 Å². The maximum atomic E-state index is 13.4. The summed E-state index contributed by atoms with van der Waals surface area (Å²) in [7, 11) is 0. The van der Waals surface area contributed by atoms with Gasteiger partial charge in [-0.1, -0.05) is 23.2 Å². The van der Waals surface area contributed by atoms with Crippen molar-refractivity contribution in [2.45, 2.75) is 0 Å². The lowest BCUT2D eigenvalue weighted by molar-refractivity contribution is 0.629. The molecule has 0 radical (unpaired) electrons. The first-order valence-corrected chi connectivity index (χ1v) is 5.66. The predicted molar refractivity (Wildman–Crippen MR) is 67.1 cm³/mol. The standard InChI is InChI=1S/C10H3BrCl2FN3/c11-6-1-7(12)9(14)8(13)10(6)17-4-5(2-15)3-16/h1,4,17H. The fourth-order valence-corrected chi connectivity index (χ4v) is 2.23. The average molecular weight is 335 g/mol.